The maximum atomic E-state index is 11.6. The van der Waals surface area contributed by atoms with Crippen molar-refractivity contribution in [3.63, 3.8) is 0 Å². The molecule has 162 valence electrons. The SMILES string of the molecule is CCOC(=O)Cc1csc(NN=Cc2cccc(OC)c2OCc2ccc(Br)cc2)n1. The van der Waals surface area contributed by atoms with Gasteiger partial charge in [-0.3, -0.25) is 10.2 Å². The highest BCUT2D eigenvalue weighted by atomic mass is 79.9. The fourth-order valence-electron chi connectivity index (χ4n) is 2.64. The molecule has 0 aliphatic rings. The lowest BCUT2D eigenvalue weighted by atomic mass is 10.2. The lowest BCUT2D eigenvalue weighted by Crippen LogP contribution is -2.07. The number of benzene rings is 2. The Kier molecular flexibility index (Phi) is 8.43. The van der Waals surface area contributed by atoms with Crippen LogP contribution in [0.3, 0.4) is 0 Å². The van der Waals surface area contributed by atoms with Gasteiger partial charge in [-0.25, -0.2) is 4.98 Å². The molecule has 3 rings (SSSR count). The highest BCUT2D eigenvalue weighted by molar-refractivity contribution is 9.10. The smallest absolute Gasteiger partial charge is 0.311 e. The molecule has 2 aromatic carbocycles. The van der Waals surface area contributed by atoms with Crippen molar-refractivity contribution in [1.29, 1.82) is 0 Å². The van der Waals surface area contributed by atoms with Crippen LogP contribution in [-0.4, -0.2) is 30.9 Å². The van der Waals surface area contributed by atoms with Crippen molar-refractivity contribution in [3.8, 4) is 11.5 Å². The first-order chi connectivity index (χ1) is 15.1. The molecule has 0 radical (unpaired) electrons. The largest absolute Gasteiger partial charge is 0.493 e. The summed E-state index contributed by atoms with van der Waals surface area (Å²) in [6.45, 7) is 2.52. The van der Waals surface area contributed by atoms with Gasteiger partial charge in [-0.1, -0.05) is 34.1 Å². The maximum absolute atomic E-state index is 11.6. The van der Waals surface area contributed by atoms with Crippen LogP contribution in [0.5, 0.6) is 11.5 Å². The monoisotopic (exact) mass is 503 g/mol. The zero-order valence-corrected chi connectivity index (χ0v) is 19.5. The Morgan fingerprint density at radius 3 is 2.81 bits per heavy atom. The van der Waals surface area contributed by atoms with Gasteiger partial charge >= 0.3 is 5.97 Å². The molecule has 0 atom stereocenters. The summed E-state index contributed by atoms with van der Waals surface area (Å²) in [7, 11) is 1.60. The summed E-state index contributed by atoms with van der Waals surface area (Å²) in [5, 5.41) is 6.64. The van der Waals surface area contributed by atoms with Crippen molar-refractivity contribution in [2.75, 3.05) is 19.1 Å². The molecule has 3 aromatic rings. The second-order valence-electron chi connectivity index (χ2n) is 6.29. The number of nitrogens with one attached hydrogen (secondary N) is 1. The van der Waals surface area contributed by atoms with E-state index in [0.717, 1.165) is 15.6 Å². The summed E-state index contributed by atoms with van der Waals surface area (Å²) < 4.78 is 17.4. The van der Waals surface area contributed by atoms with E-state index in [2.05, 4.69) is 31.4 Å². The number of thiazole rings is 1. The highest BCUT2D eigenvalue weighted by Gasteiger charge is 2.11. The van der Waals surface area contributed by atoms with Gasteiger partial charge in [0.15, 0.2) is 11.5 Å². The van der Waals surface area contributed by atoms with E-state index in [0.29, 0.717) is 35.5 Å². The zero-order chi connectivity index (χ0) is 22.1. The van der Waals surface area contributed by atoms with E-state index in [-0.39, 0.29) is 12.4 Å². The number of anilines is 1. The maximum Gasteiger partial charge on any atom is 0.311 e. The van der Waals surface area contributed by atoms with Crippen molar-refractivity contribution in [1.82, 2.24) is 4.98 Å². The van der Waals surface area contributed by atoms with Crippen LogP contribution < -0.4 is 14.9 Å². The normalized spacial score (nSPS) is 10.8. The minimum Gasteiger partial charge on any atom is -0.493 e. The average molecular weight is 504 g/mol. The highest BCUT2D eigenvalue weighted by Crippen LogP contribution is 2.31. The molecule has 1 heterocycles. The Morgan fingerprint density at radius 2 is 2.06 bits per heavy atom. The average Bonchev–Trinajstić information content (AvgIpc) is 3.20. The number of nitrogens with zero attached hydrogens (tertiary/aromatic N) is 2. The molecule has 0 unspecified atom stereocenters. The number of methoxy groups -OCH3 is 1. The number of halogens is 1. The van der Waals surface area contributed by atoms with Crippen LogP contribution in [0.2, 0.25) is 0 Å². The molecular formula is C22H22BrN3O4S. The van der Waals surface area contributed by atoms with Gasteiger partial charge in [0, 0.05) is 15.4 Å². The molecule has 0 amide bonds. The first-order valence-electron chi connectivity index (χ1n) is 9.52. The summed E-state index contributed by atoms with van der Waals surface area (Å²) in [6, 6.07) is 13.5. The quantitative estimate of drug-likeness (QED) is 0.237. The van der Waals surface area contributed by atoms with Gasteiger partial charge in [0.2, 0.25) is 5.13 Å². The fraction of sp³-hybridized carbons (Fsp3) is 0.227. The van der Waals surface area contributed by atoms with Crippen LogP contribution >= 0.6 is 27.3 Å². The molecule has 1 aromatic heterocycles. The van der Waals surface area contributed by atoms with E-state index in [1.807, 2.05) is 42.5 Å². The molecule has 0 aliphatic heterocycles. The molecule has 0 spiro atoms. The Bertz CT molecular complexity index is 1040. The minimum absolute atomic E-state index is 0.139. The molecule has 7 nitrogen and oxygen atoms in total. The summed E-state index contributed by atoms with van der Waals surface area (Å²) in [5.41, 5.74) is 5.32. The number of para-hydroxylation sites is 1. The van der Waals surface area contributed by atoms with Gasteiger partial charge < -0.3 is 14.2 Å². The van der Waals surface area contributed by atoms with Gasteiger partial charge in [0.25, 0.3) is 0 Å². The summed E-state index contributed by atoms with van der Waals surface area (Å²) in [5.74, 6) is 0.916. The Labute approximate surface area is 193 Å². The van der Waals surface area contributed by atoms with Crippen LogP contribution in [0.15, 0.2) is 57.4 Å². The molecule has 0 saturated heterocycles. The second-order valence-corrected chi connectivity index (χ2v) is 8.06. The predicted octanol–water partition coefficient (Wildman–Crippen LogP) is 5.04. The van der Waals surface area contributed by atoms with Gasteiger partial charge in [-0.15, -0.1) is 11.3 Å². The van der Waals surface area contributed by atoms with E-state index in [4.69, 9.17) is 14.2 Å². The number of hydrogen-bond donors (Lipinski definition) is 1. The number of hydrazone groups is 1. The van der Waals surface area contributed by atoms with Crippen molar-refractivity contribution >= 4 is 44.6 Å². The van der Waals surface area contributed by atoms with E-state index < -0.39 is 0 Å². The molecule has 0 aliphatic carbocycles. The summed E-state index contributed by atoms with van der Waals surface area (Å²) in [4.78, 5) is 15.9. The third-order valence-electron chi connectivity index (χ3n) is 4.07. The molecule has 31 heavy (non-hydrogen) atoms. The molecule has 9 heteroatoms. The first-order valence-corrected chi connectivity index (χ1v) is 11.2. The lowest BCUT2D eigenvalue weighted by molar-refractivity contribution is -0.142. The van der Waals surface area contributed by atoms with Gasteiger partial charge in [-0.2, -0.15) is 5.10 Å². The van der Waals surface area contributed by atoms with E-state index in [1.165, 1.54) is 11.3 Å². The molecule has 0 fully saturated rings. The summed E-state index contributed by atoms with van der Waals surface area (Å²) >= 11 is 4.79. The number of hydrogen-bond acceptors (Lipinski definition) is 8. The van der Waals surface area contributed by atoms with Crippen LogP contribution in [-0.2, 0) is 22.6 Å². The van der Waals surface area contributed by atoms with Crippen LogP contribution in [0.4, 0.5) is 5.13 Å². The Balaban J connectivity index is 1.66. The molecule has 0 bridgehead atoms. The predicted molar refractivity (Wildman–Crippen MR) is 125 cm³/mol. The van der Waals surface area contributed by atoms with E-state index >= 15 is 0 Å². The van der Waals surface area contributed by atoms with Crippen molar-refractivity contribution < 1.29 is 19.0 Å². The summed E-state index contributed by atoms with van der Waals surface area (Å²) in [6.07, 6.45) is 1.78. The Hall–Kier alpha value is -2.91. The van der Waals surface area contributed by atoms with Crippen molar-refractivity contribution in [2.45, 2.75) is 20.0 Å². The fourth-order valence-corrected chi connectivity index (χ4v) is 3.57. The van der Waals surface area contributed by atoms with Crippen LogP contribution in [0, 0.1) is 0 Å². The van der Waals surface area contributed by atoms with E-state index in [9.17, 15) is 4.79 Å². The standard InChI is InChI=1S/C22H22BrN3O4S/c1-3-29-20(27)11-18-14-31-22(25-18)26-24-12-16-5-4-6-19(28-2)21(16)30-13-15-7-9-17(23)10-8-15/h4-10,12,14H,3,11,13H2,1-2H3,(H,25,26). The molecular weight excluding hydrogens is 482 g/mol. The van der Waals surface area contributed by atoms with Crippen molar-refractivity contribution in [3.05, 3.63) is 69.1 Å². The minimum atomic E-state index is -0.299. The lowest BCUT2D eigenvalue weighted by Gasteiger charge is -2.13. The number of esters is 1. The van der Waals surface area contributed by atoms with Gasteiger partial charge in [0.1, 0.15) is 6.61 Å². The topological polar surface area (TPSA) is 82.0 Å². The molecule has 1 N–H and O–H groups in total. The zero-order valence-electron chi connectivity index (χ0n) is 17.1. The van der Waals surface area contributed by atoms with Crippen molar-refractivity contribution in [2.24, 2.45) is 5.10 Å². The van der Waals surface area contributed by atoms with Crippen LogP contribution in [0.25, 0.3) is 0 Å². The van der Waals surface area contributed by atoms with Crippen LogP contribution in [0.1, 0.15) is 23.7 Å². The third kappa shape index (κ3) is 6.80. The number of carbonyl (C=O) groups excluding carboxylic acids is 1. The Morgan fingerprint density at radius 1 is 1.26 bits per heavy atom. The number of ether oxygens (including phenoxy) is 3. The van der Waals surface area contributed by atoms with E-state index in [1.54, 1.807) is 25.6 Å². The molecule has 0 saturated carbocycles. The number of carbonyl (C=O) groups is 1. The number of rotatable bonds is 10. The second kappa shape index (κ2) is 11.5. The van der Waals surface area contributed by atoms with Gasteiger partial charge in [0.05, 0.1) is 32.0 Å². The third-order valence-corrected chi connectivity index (χ3v) is 5.40. The van der Waals surface area contributed by atoms with Gasteiger partial charge in [-0.05, 0) is 36.8 Å². The first kappa shape index (κ1) is 22.8. The number of aromatic nitrogens is 1.